The lowest BCUT2D eigenvalue weighted by atomic mass is 10.0. The first-order chi connectivity index (χ1) is 12.6. The van der Waals surface area contributed by atoms with E-state index in [9.17, 15) is 4.79 Å². The third-order valence-electron chi connectivity index (χ3n) is 4.80. The van der Waals surface area contributed by atoms with Crippen LogP contribution in [0.1, 0.15) is 38.7 Å². The second-order valence-electron chi connectivity index (χ2n) is 7.06. The Morgan fingerprint density at radius 1 is 1.19 bits per heavy atom. The van der Waals surface area contributed by atoms with E-state index in [2.05, 4.69) is 39.7 Å². The normalized spacial score (nSPS) is 15.9. The highest BCUT2D eigenvalue weighted by Gasteiger charge is 2.21. The molecule has 1 heterocycles. The zero-order valence-corrected chi connectivity index (χ0v) is 19.0. The van der Waals surface area contributed by atoms with Gasteiger partial charge in [-0.15, -0.1) is 24.0 Å². The molecule has 152 valence electrons. The molecule has 1 aromatic rings. The van der Waals surface area contributed by atoms with Gasteiger partial charge in [-0.05, 0) is 32.3 Å². The Morgan fingerprint density at radius 2 is 1.85 bits per heavy atom. The lowest BCUT2D eigenvalue weighted by Crippen LogP contribution is -2.50. The molecule has 1 aliphatic rings. The number of hydrogen-bond donors (Lipinski definition) is 3. The van der Waals surface area contributed by atoms with Crippen LogP contribution in [0.25, 0.3) is 0 Å². The van der Waals surface area contributed by atoms with Crippen LogP contribution in [-0.4, -0.2) is 55.5 Å². The third-order valence-corrected chi connectivity index (χ3v) is 4.80. The number of benzene rings is 1. The number of nitrogens with zero attached hydrogens (tertiary/aromatic N) is 2. The smallest absolute Gasteiger partial charge is 0.222 e. The van der Waals surface area contributed by atoms with Crippen molar-refractivity contribution in [3.05, 3.63) is 35.9 Å². The van der Waals surface area contributed by atoms with E-state index in [4.69, 9.17) is 0 Å². The van der Waals surface area contributed by atoms with Crippen LogP contribution in [0.3, 0.4) is 0 Å². The highest BCUT2D eigenvalue weighted by Crippen LogP contribution is 2.12. The highest BCUT2D eigenvalue weighted by molar-refractivity contribution is 14.0. The summed E-state index contributed by atoms with van der Waals surface area (Å²) in [6, 6.07) is 11.0. The van der Waals surface area contributed by atoms with Gasteiger partial charge in [0.25, 0.3) is 0 Å². The molecule has 7 heteroatoms. The minimum absolute atomic E-state index is 0. The van der Waals surface area contributed by atoms with Crippen LogP contribution >= 0.6 is 24.0 Å². The highest BCUT2D eigenvalue weighted by atomic mass is 127. The summed E-state index contributed by atoms with van der Waals surface area (Å²) in [5, 5.41) is 9.66. The van der Waals surface area contributed by atoms with Gasteiger partial charge in [0, 0.05) is 51.7 Å². The Morgan fingerprint density at radius 3 is 2.44 bits per heavy atom. The Kier molecular flexibility index (Phi) is 11.3. The molecule has 1 saturated heterocycles. The van der Waals surface area contributed by atoms with Gasteiger partial charge in [-0.1, -0.05) is 30.3 Å². The van der Waals surface area contributed by atoms with E-state index in [1.807, 2.05) is 30.3 Å². The van der Waals surface area contributed by atoms with Gasteiger partial charge in [-0.2, -0.15) is 0 Å². The molecule has 6 nitrogen and oxygen atoms in total. The summed E-state index contributed by atoms with van der Waals surface area (Å²) in [6.45, 7) is 7.88. The summed E-state index contributed by atoms with van der Waals surface area (Å²) in [5.41, 5.74) is 1.11. The lowest BCUT2D eigenvalue weighted by molar-refractivity contribution is -0.121. The van der Waals surface area contributed by atoms with Crippen LogP contribution < -0.4 is 16.0 Å². The second kappa shape index (κ2) is 12.9. The Labute approximate surface area is 180 Å². The fourth-order valence-corrected chi connectivity index (χ4v) is 3.13. The zero-order valence-electron chi connectivity index (χ0n) is 16.7. The van der Waals surface area contributed by atoms with E-state index >= 15 is 0 Å². The number of likely N-dealkylation sites (tertiary alicyclic amines) is 1. The van der Waals surface area contributed by atoms with E-state index in [1.54, 1.807) is 7.05 Å². The number of carbonyl (C=O) groups excluding carboxylic acids is 1. The Bertz CT molecular complexity index is 571. The number of aliphatic imine (C=N–C) groups is 1. The Balaban J connectivity index is 0.00000364. The van der Waals surface area contributed by atoms with Crippen molar-refractivity contribution in [2.45, 2.75) is 51.7 Å². The summed E-state index contributed by atoms with van der Waals surface area (Å²) < 4.78 is 0. The van der Waals surface area contributed by atoms with Crippen molar-refractivity contribution in [3.8, 4) is 0 Å². The summed E-state index contributed by atoms with van der Waals surface area (Å²) >= 11 is 0. The van der Waals surface area contributed by atoms with Crippen LogP contribution in [0.15, 0.2) is 35.3 Å². The first kappa shape index (κ1) is 23.7. The minimum Gasteiger partial charge on any atom is -0.356 e. The number of piperidine rings is 1. The fraction of sp³-hybridized carbons (Fsp3) is 0.600. The monoisotopic (exact) mass is 487 g/mol. The molecule has 0 atom stereocenters. The maximum atomic E-state index is 12.0. The largest absolute Gasteiger partial charge is 0.356 e. The van der Waals surface area contributed by atoms with E-state index in [-0.39, 0.29) is 29.9 Å². The molecule has 0 radical (unpaired) electrons. The van der Waals surface area contributed by atoms with Gasteiger partial charge in [0.2, 0.25) is 5.91 Å². The number of carbonyl (C=O) groups is 1. The Hall–Kier alpha value is -1.35. The van der Waals surface area contributed by atoms with Gasteiger partial charge in [-0.3, -0.25) is 9.79 Å². The number of rotatable bonds is 7. The average Bonchev–Trinajstić information content (AvgIpc) is 2.66. The molecule has 0 saturated carbocycles. The van der Waals surface area contributed by atoms with Crippen molar-refractivity contribution in [2.24, 2.45) is 4.99 Å². The van der Waals surface area contributed by atoms with Crippen molar-refractivity contribution in [1.29, 1.82) is 0 Å². The second-order valence-corrected chi connectivity index (χ2v) is 7.06. The van der Waals surface area contributed by atoms with E-state index < -0.39 is 0 Å². The maximum Gasteiger partial charge on any atom is 0.222 e. The van der Waals surface area contributed by atoms with Gasteiger partial charge in [0.15, 0.2) is 5.96 Å². The van der Waals surface area contributed by atoms with Crippen LogP contribution in [0.4, 0.5) is 0 Å². The predicted molar refractivity (Wildman–Crippen MR) is 123 cm³/mol. The molecule has 1 fully saturated rings. The first-order valence-corrected chi connectivity index (χ1v) is 9.60. The third kappa shape index (κ3) is 8.92. The van der Waals surface area contributed by atoms with E-state index in [0.717, 1.165) is 37.5 Å². The average molecular weight is 487 g/mol. The van der Waals surface area contributed by atoms with Crippen molar-refractivity contribution in [2.75, 3.05) is 26.7 Å². The number of hydrogen-bond acceptors (Lipinski definition) is 3. The maximum absolute atomic E-state index is 12.0. The lowest BCUT2D eigenvalue weighted by Gasteiger charge is -2.35. The van der Waals surface area contributed by atoms with Gasteiger partial charge in [0.1, 0.15) is 0 Å². The van der Waals surface area contributed by atoms with Gasteiger partial charge in [0.05, 0.1) is 0 Å². The molecule has 0 aromatic heterocycles. The molecule has 1 amide bonds. The van der Waals surface area contributed by atoms with Crippen molar-refractivity contribution in [1.82, 2.24) is 20.9 Å². The molecular formula is C20H34IN5O. The standard InChI is InChI=1S/C20H33N5O.HI/c1-16(2)25-13-10-18(11-14-25)24-20(21-3)22-12-9-19(26)23-15-17-7-5-4-6-8-17;/h4-8,16,18H,9-15H2,1-3H3,(H,23,26)(H2,21,22,24);1H. The number of nitrogens with one attached hydrogen (secondary N) is 3. The van der Waals surface area contributed by atoms with Crippen molar-refractivity contribution in [3.63, 3.8) is 0 Å². The molecule has 2 rings (SSSR count). The van der Waals surface area contributed by atoms with Gasteiger partial charge in [-0.25, -0.2) is 0 Å². The van der Waals surface area contributed by atoms with Crippen LogP contribution in [0.5, 0.6) is 0 Å². The molecule has 1 aliphatic heterocycles. The molecule has 27 heavy (non-hydrogen) atoms. The van der Waals surface area contributed by atoms with Crippen LogP contribution in [0, 0.1) is 0 Å². The number of halogens is 1. The van der Waals surface area contributed by atoms with Gasteiger partial charge >= 0.3 is 0 Å². The molecule has 3 N–H and O–H groups in total. The molecule has 1 aromatic carbocycles. The SMILES string of the molecule is CN=C(NCCC(=O)NCc1ccccc1)NC1CCN(C(C)C)CC1.I. The number of guanidine groups is 1. The van der Waals surface area contributed by atoms with E-state index in [1.165, 1.54) is 0 Å². The van der Waals surface area contributed by atoms with E-state index in [0.29, 0.717) is 31.6 Å². The number of amides is 1. The van der Waals surface area contributed by atoms with Gasteiger partial charge < -0.3 is 20.9 Å². The minimum atomic E-state index is 0. The molecule has 0 aliphatic carbocycles. The van der Waals surface area contributed by atoms with Crippen LogP contribution in [0.2, 0.25) is 0 Å². The predicted octanol–water partition coefficient (Wildman–Crippen LogP) is 2.35. The summed E-state index contributed by atoms with van der Waals surface area (Å²) in [7, 11) is 1.77. The first-order valence-electron chi connectivity index (χ1n) is 9.60. The summed E-state index contributed by atoms with van der Waals surface area (Å²) in [4.78, 5) is 18.7. The van der Waals surface area contributed by atoms with Crippen molar-refractivity contribution >= 4 is 35.8 Å². The quantitative estimate of drug-likeness (QED) is 0.314. The molecule has 0 bridgehead atoms. The zero-order chi connectivity index (χ0) is 18.8. The molecular weight excluding hydrogens is 453 g/mol. The fourth-order valence-electron chi connectivity index (χ4n) is 3.13. The summed E-state index contributed by atoms with van der Waals surface area (Å²) in [5.74, 6) is 0.825. The topological polar surface area (TPSA) is 68.8 Å². The van der Waals surface area contributed by atoms with Crippen molar-refractivity contribution < 1.29 is 4.79 Å². The molecule has 0 spiro atoms. The summed E-state index contributed by atoms with van der Waals surface area (Å²) in [6.07, 6.45) is 2.67. The van der Waals surface area contributed by atoms with Crippen LogP contribution in [-0.2, 0) is 11.3 Å². The molecule has 0 unspecified atom stereocenters.